The lowest BCUT2D eigenvalue weighted by Gasteiger charge is -2.17. The summed E-state index contributed by atoms with van der Waals surface area (Å²) in [4.78, 5) is 11.7. The first-order chi connectivity index (χ1) is 13.2. The Morgan fingerprint density at radius 1 is 0.852 bits per heavy atom. The van der Waals surface area contributed by atoms with E-state index in [-0.39, 0.29) is 0 Å². The Morgan fingerprint density at radius 3 is 2.26 bits per heavy atom. The van der Waals surface area contributed by atoms with E-state index >= 15 is 0 Å². The Balaban J connectivity index is 1.64. The Morgan fingerprint density at radius 2 is 1.52 bits per heavy atom. The zero-order chi connectivity index (χ0) is 18.6. The summed E-state index contributed by atoms with van der Waals surface area (Å²) in [6.45, 7) is 2.10. The first-order valence-corrected chi connectivity index (χ1v) is 9.13. The van der Waals surface area contributed by atoms with Crippen molar-refractivity contribution in [2.24, 2.45) is 0 Å². The Kier molecular flexibility index (Phi) is 4.70. The van der Waals surface area contributed by atoms with Crippen molar-refractivity contribution >= 4 is 17.6 Å². The topological polar surface area (TPSA) is 17.1 Å². The van der Waals surface area contributed by atoms with Gasteiger partial charge in [0.2, 0.25) is 0 Å². The van der Waals surface area contributed by atoms with Crippen LogP contribution in [0, 0.1) is 0 Å². The fraction of sp³-hybridized carbons (Fsp3) is 0.0769. The largest absolute Gasteiger partial charge is 0.233 e. The standard InChI is InChI=1S/C26H20O/c1-19-15-23-9-5-6-10-24(23)16-25(19)17-26(18-27)22-13-11-21(12-14-22)20-7-3-2-4-8-20/h2-15,17H,16H2,1H3. The van der Waals surface area contributed by atoms with Gasteiger partial charge in [0.15, 0.2) is 0 Å². The molecule has 0 bridgehead atoms. The van der Waals surface area contributed by atoms with Crippen LogP contribution in [0.25, 0.3) is 22.8 Å². The van der Waals surface area contributed by atoms with E-state index in [2.05, 4.69) is 67.5 Å². The molecule has 0 aliphatic heterocycles. The van der Waals surface area contributed by atoms with Crippen LogP contribution in [0.4, 0.5) is 0 Å². The molecular weight excluding hydrogens is 328 g/mol. The summed E-state index contributed by atoms with van der Waals surface area (Å²) < 4.78 is 0. The smallest absolute Gasteiger partial charge is 0.133 e. The minimum absolute atomic E-state index is 0.594. The summed E-state index contributed by atoms with van der Waals surface area (Å²) in [7, 11) is 0. The maximum atomic E-state index is 11.7. The molecule has 3 aromatic carbocycles. The SMILES string of the molecule is CC1=Cc2ccccc2CC1=CC(=C=O)c1ccc(-c2ccccc2)cc1. The fourth-order valence-corrected chi connectivity index (χ4v) is 3.49. The highest BCUT2D eigenvalue weighted by Gasteiger charge is 2.13. The van der Waals surface area contributed by atoms with Gasteiger partial charge in [0, 0.05) is 0 Å². The van der Waals surface area contributed by atoms with Gasteiger partial charge in [-0.2, -0.15) is 0 Å². The van der Waals surface area contributed by atoms with Gasteiger partial charge in [0.05, 0.1) is 5.57 Å². The number of hydrogen-bond acceptors (Lipinski definition) is 1. The van der Waals surface area contributed by atoms with Crippen molar-refractivity contribution in [1.29, 1.82) is 0 Å². The molecule has 1 aliphatic rings. The van der Waals surface area contributed by atoms with Crippen LogP contribution in [0.3, 0.4) is 0 Å². The number of rotatable bonds is 3. The lowest BCUT2D eigenvalue weighted by atomic mass is 9.87. The lowest BCUT2D eigenvalue weighted by molar-refractivity contribution is 0.569. The third kappa shape index (κ3) is 3.60. The lowest BCUT2D eigenvalue weighted by Crippen LogP contribution is -2.01. The molecule has 0 aromatic heterocycles. The van der Waals surface area contributed by atoms with Gasteiger partial charge in [0.25, 0.3) is 0 Å². The molecule has 1 nitrogen and oxygen atoms in total. The van der Waals surface area contributed by atoms with Crippen LogP contribution < -0.4 is 0 Å². The highest BCUT2D eigenvalue weighted by Crippen LogP contribution is 2.30. The van der Waals surface area contributed by atoms with E-state index in [0.29, 0.717) is 5.57 Å². The normalized spacial score (nSPS) is 14.3. The van der Waals surface area contributed by atoms with Crippen molar-refractivity contribution in [3.05, 3.63) is 113 Å². The maximum absolute atomic E-state index is 11.7. The van der Waals surface area contributed by atoms with Crippen LogP contribution in [0.5, 0.6) is 0 Å². The number of fused-ring (bicyclic) bond motifs is 1. The minimum atomic E-state index is 0.594. The Hall–Kier alpha value is -3.41. The van der Waals surface area contributed by atoms with E-state index in [1.54, 1.807) is 0 Å². The molecule has 0 unspecified atom stereocenters. The second-order valence-electron chi connectivity index (χ2n) is 6.83. The molecule has 0 saturated carbocycles. The van der Waals surface area contributed by atoms with Crippen LogP contribution in [-0.2, 0) is 11.2 Å². The third-order valence-corrected chi connectivity index (χ3v) is 5.05. The molecule has 4 rings (SSSR count). The Bertz CT molecular complexity index is 1080. The van der Waals surface area contributed by atoms with E-state index in [0.717, 1.165) is 17.5 Å². The predicted molar refractivity (Wildman–Crippen MR) is 113 cm³/mol. The van der Waals surface area contributed by atoms with E-state index in [9.17, 15) is 4.79 Å². The minimum Gasteiger partial charge on any atom is -0.233 e. The quantitative estimate of drug-likeness (QED) is 0.518. The monoisotopic (exact) mass is 348 g/mol. The fourth-order valence-electron chi connectivity index (χ4n) is 3.49. The molecule has 0 heterocycles. The number of hydrogen-bond donors (Lipinski definition) is 0. The van der Waals surface area contributed by atoms with Gasteiger partial charge in [0.1, 0.15) is 5.94 Å². The second kappa shape index (κ2) is 7.45. The van der Waals surface area contributed by atoms with E-state index in [1.807, 2.05) is 36.4 Å². The second-order valence-corrected chi connectivity index (χ2v) is 6.83. The molecule has 0 fully saturated rings. The van der Waals surface area contributed by atoms with Crippen molar-refractivity contribution in [3.8, 4) is 11.1 Å². The van der Waals surface area contributed by atoms with Crippen molar-refractivity contribution in [2.45, 2.75) is 13.3 Å². The third-order valence-electron chi connectivity index (χ3n) is 5.05. The summed E-state index contributed by atoms with van der Waals surface area (Å²) >= 11 is 0. The highest BCUT2D eigenvalue weighted by molar-refractivity contribution is 5.94. The molecule has 0 atom stereocenters. The van der Waals surface area contributed by atoms with Gasteiger partial charge < -0.3 is 0 Å². The molecule has 0 amide bonds. The molecule has 0 spiro atoms. The Labute approximate surface area is 160 Å². The van der Waals surface area contributed by atoms with E-state index < -0.39 is 0 Å². The summed E-state index contributed by atoms with van der Waals surface area (Å²) in [6, 6.07) is 26.7. The number of carbonyl (C=O) groups excluding carboxylic acids is 1. The zero-order valence-electron chi connectivity index (χ0n) is 15.3. The zero-order valence-corrected chi connectivity index (χ0v) is 15.3. The number of benzene rings is 3. The molecule has 3 aromatic rings. The average Bonchev–Trinajstić information content (AvgIpc) is 2.73. The van der Waals surface area contributed by atoms with Crippen LogP contribution >= 0.6 is 0 Å². The van der Waals surface area contributed by atoms with E-state index in [4.69, 9.17) is 0 Å². The van der Waals surface area contributed by atoms with Crippen molar-refractivity contribution in [1.82, 2.24) is 0 Å². The van der Waals surface area contributed by atoms with Gasteiger partial charge in [-0.3, -0.25) is 0 Å². The molecule has 27 heavy (non-hydrogen) atoms. The first kappa shape index (κ1) is 17.0. The summed E-state index contributed by atoms with van der Waals surface area (Å²) in [5.41, 5.74) is 8.71. The molecule has 130 valence electrons. The van der Waals surface area contributed by atoms with Gasteiger partial charge in [-0.25, -0.2) is 4.79 Å². The maximum Gasteiger partial charge on any atom is 0.133 e. The van der Waals surface area contributed by atoms with Gasteiger partial charge in [-0.15, -0.1) is 0 Å². The average molecular weight is 348 g/mol. The van der Waals surface area contributed by atoms with Gasteiger partial charge in [-0.05, 0) is 58.4 Å². The van der Waals surface area contributed by atoms with Gasteiger partial charge >= 0.3 is 0 Å². The molecular formula is C26H20O. The summed E-state index contributed by atoms with van der Waals surface area (Å²) in [5.74, 6) is 2.13. The van der Waals surface area contributed by atoms with Crippen molar-refractivity contribution < 1.29 is 4.79 Å². The molecule has 1 heteroatoms. The van der Waals surface area contributed by atoms with Crippen molar-refractivity contribution in [3.63, 3.8) is 0 Å². The first-order valence-electron chi connectivity index (χ1n) is 9.13. The molecule has 0 radical (unpaired) electrons. The van der Waals surface area contributed by atoms with Crippen LogP contribution in [-0.4, -0.2) is 5.94 Å². The number of allylic oxidation sites excluding steroid dienone is 4. The van der Waals surface area contributed by atoms with E-state index in [1.165, 1.54) is 27.8 Å². The van der Waals surface area contributed by atoms with Crippen LogP contribution in [0.2, 0.25) is 0 Å². The van der Waals surface area contributed by atoms with Crippen LogP contribution in [0.1, 0.15) is 23.6 Å². The highest BCUT2D eigenvalue weighted by atomic mass is 16.1. The van der Waals surface area contributed by atoms with Crippen LogP contribution in [0.15, 0.2) is 96.1 Å². The predicted octanol–water partition coefficient (Wildman–Crippen LogP) is 6.15. The van der Waals surface area contributed by atoms with Gasteiger partial charge in [-0.1, -0.05) is 84.9 Å². The molecule has 0 N–H and O–H groups in total. The summed E-state index contributed by atoms with van der Waals surface area (Å²) in [5, 5.41) is 0. The molecule has 0 saturated heterocycles. The summed E-state index contributed by atoms with van der Waals surface area (Å²) in [6.07, 6.45) is 5.00. The van der Waals surface area contributed by atoms with Crippen molar-refractivity contribution in [2.75, 3.05) is 0 Å². The molecule has 1 aliphatic carbocycles.